The standard InChI is InChI=1S/C21H35NO4S/c1-8-9-10-18(7)20(26-21(23)22(15(2)3)16(4)5)27(24,25)19-13-11-17(6)12-14-19/h11-16,18,20H,8-10H2,1-7H3. The second-order valence-electron chi connectivity index (χ2n) is 7.82. The lowest BCUT2D eigenvalue weighted by atomic mass is 10.1. The van der Waals surface area contributed by atoms with Crippen LogP contribution in [0, 0.1) is 12.8 Å². The number of benzene rings is 1. The van der Waals surface area contributed by atoms with E-state index in [4.69, 9.17) is 4.74 Å². The maximum absolute atomic E-state index is 13.3. The van der Waals surface area contributed by atoms with Crippen LogP contribution in [-0.2, 0) is 14.6 Å². The van der Waals surface area contributed by atoms with E-state index in [1.54, 1.807) is 29.2 Å². The third-order valence-corrected chi connectivity index (χ3v) is 6.78. The quantitative estimate of drug-likeness (QED) is 0.576. The highest BCUT2D eigenvalue weighted by molar-refractivity contribution is 7.92. The first-order valence-corrected chi connectivity index (χ1v) is 11.4. The van der Waals surface area contributed by atoms with Crippen molar-refractivity contribution in [1.82, 2.24) is 4.90 Å². The molecule has 0 bridgehead atoms. The average molecular weight is 398 g/mol. The molecule has 0 saturated carbocycles. The summed E-state index contributed by atoms with van der Waals surface area (Å²) in [6.45, 7) is 13.4. The van der Waals surface area contributed by atoms with Crippen molar-refractivity contribution in [3.8, 4) is 0 Å². The summed E-state index contributed by atoms with van der Waals surface area (Å²) >= 11 is 0. The summed E-state index contributed by atoms with van der Waals surface area (Å²) in [7, 11) is -3.80. The molecular weight excluding hydrogens is 362 g/mol. The van der Waals surface area contributed by atoms with Crippen molar-refractivity contribution in [3.63, 3.8) is 0 Å². The highest BCUT2D eigenvalue weighted by atomic mass is 32.2. The summed E-state index contributed by atoms with van der Waals surface area (Å²) in [6.07, 6.45) is 1.95. The van der Waals surface area contributed by atoms with Crippen molar-refractivity contribution in [2.24, 2.45) is 5.92 Å². The van der Waals surface area contributed by atoms with Gasteiger partial charge in [-0.2, -0.15) is 0 Å². The molecule has 0 aliphatic heterocycles. The van der Waals surface area contributed by atoms with Gasteiger partial charge in [-0.1, -0.05) is 44.4 Å². The zero-order chi connectivity index (χ0) is 20.8. The third-order valence-electron chi connectivity index (χ3n) is 4.67. The van der Waals surface area contributed by atoms with Crippen LogP contribution in [0.3, 0.4) is 0 Å². The molecule has 2 unspecified atom stereocenters. The topological polar surface area (TPSA) is 63.7 Å². The van der Waals surface area contributed by atoms with Crippen LogP contribution in [0.25, 0.3) is 0 Å². The van der Waals surface area contributed by atoms with Crippen LogP contribution in [0.2, 0.25) is 0 Å². The summed E-state index contributed by atoms with van der Waals surface area (Å²) < 4.78 is 32.1. The van der Waals surface area contributed by atoms with Gasteiger partial charge in [-0.15, -0.1) is 0 Å². The van der Waals surface area contributed by atoms with Crippen LogP contribution in [0.1, 0.15) is 66.4 Å². The molecule has 0 fully saturated rings. The first-order chi connectivity index (χ1) is 12.5. The smallest absolute Gasteiger partial charge is 0.411 e. The largest absolute Gasteiger partial charge is 0.429 e. The Bertz CT molecular complexity index is 687. The SMILES string of the molecule is CCCCC(C)C(OC(=O)N(C(C)C)C(C)C)S(=O)(=O)c1ccc(C)cc1. The number of hydrogen-bond donors (Lipinski definition) is 0. The van der Waals surface area contributed by atoms with Crippen LogP contribution >= 0.6 is 0 Å². The number of nitrogens with zero attached hydrogens (tertiary/aromatic N) is 1. The van der Waals surface area contributed by atoms with Gasteiger partial charge in [0.2, 0.25) is 15.3 Å². The van der Waals surface area contributed by atoms with Gasteiger partial charge in [0.1, 0.15) is 0 Å². The first kappa shape index (κ1) is 23.5. The Morgan fingerprint density at radius 1 is 1.04 bits per heavy atom. The molecule has 1 aromatic rings. The Morgan fingerprint density at radius 3 is 2.00 bits per heavy atom. The van der Waals surface area contributed by atoms with Crippen molar-refractivity contribution in [2.45, 2.75) is 90.1 Å². The summed E-state index contributed by atoms with van der Waals surface area (Å²) in [5, 5.41) is 0. The number of carbonyl (C=O) groups is 1. The van der Waals surface area contributed by atoms with E-state index in [0.29, 0.717) is 6.42 Å². The molecule has 0 aromatic heterocycles. The lowest BCUT2D eigenvalue weighted by Crippen LogP contribution is -2.46. The van der Waals surface area contributed by atoms with Gasteiger partial charge in [0.15, 0.2) is 0 Å². The maximum atomic E-state index is 13.3. The van der Waals surface area contributed by atoms with Gasteiger partial charge in [-0.25, -0.2) is 13.2 Å². The predicted octanol–water partition coefficient (Wildman–Crippen LogP) is 5.18. The van der Waals surface area contributed by atoms with Crippen LogP contribution < -0.4 is 0 Å². The Morgan fingerprint density at radius 2 is 1.56 bits per heavy atom. The number of unbranched alkanes of at least 4 members (excludes halogenated alkanes) is 1. The minimum Gasteiger partial charge on any atom is -0.429 e. The Labute approximate surface area is 165 Å². The summed E-state index contributed by atoms with van der Waals surface area (Å²) in [6, 6.07) is 6.53. The van der Waals surface area contributed by atoms with Gasteiger partial charge in [0, 0.05) is 18.0 Å². The van der Waals surface area contributed by atoms with Gasteiger partial charge >= 0.3 is 6.09 Å². The van der Waals surface area contributed by atoms with Crippen molar-refractivity contribution in [3.05, 3.63) is 29.8 Å². The highest BCUT2D eigenvalue weighted by Gasteiger charge is 2.37. The zero-order valence-electron chi connectivity index (χ0n) is 17.7. The number of sulfone groups is 1. The molecule has 1 rings (SSSR count). The molecule has 154 valence electrons. The van der Waals surface area contributed by atoms with Crippen LogP contribution in [0.4, 0.5) is 4.79 Å². The number of hydrogen-bond acceptors (Lipinski definition) is 4. The van der Waals surface area contributed by atoms with Crippen molar-refractivity contribution in [2.75, 3.05) is 0 Å². The Kier molecular flexibility index (Phi) is 8.79. The van der Waals surface area contributed by atoms with E-state index in [9.17, 15) is 13.2 Å². The summed E-state index contributed by atoms with van der Waals surface area (Å²) in [5.74, 6) is -0.290. The fourth-order valence-corrected chi connectivity index (χ4v) is 4.93. The average Bonchev–Trinajstić information content (AvgIpc) is 2.57. The molecule has 0 aliphatic carbocycles. The molecule has 1 amide bonds. The molecule has 0 N–H and O–H groups in total. The van der Waals surface area contributed by atoms with Gasteiger partial charge < -0.3 is 9.64 Å². The molecule has 0 spiro atoms. The summed E-state index contributed by atoms with van der Waals surface area (Å²) in [4.78, 5) is 14.5. The van der Waals surface area contributed by atoms with E-state index in [1.807, 2.05) is 41.5 Å². The molecule has 0 heterocycles. The molecule has 1 aromatic carbocycles. The first-order valence-electron chi connectivity index (χ1n) is 9.81. The van der Waals surface area contributed by atoms with Crippen molar-refractivity contribution in [1.29, 1.82) is 0 Å². The molecular formula is C21H35NO4S. The lowest BCUT2D eigenvalue weighted by Gasteiger charge is -2.33. The zero-order valence-corrected chi connectivity index (χ0v) is 18.5. The van der Waals surface area contributed by atoms with Crippen LogP contribution in [0.15, 0.2) is 29.2 Å². The van der Waals surface area contributed by atoms with Crippen molar-refractivity contribution < 1.29 is 17.9 Å². The van der Waals surface area contributed by atoms with Crippen LogP contribution in [0.5, 0.6) is 0 Å². The molecule has 6 heteroatoms. The van der Waals surface area contributed by atoms with Crippen molar-refractivity contribution >= 4 is 15.9 Å². The monoisotopic (exact) mass is 397 g/mol. The fourth-order valence-electron chi connectivity index (χ4n) is 3.19. The molecule has 5 nitrogen and oxygen atoms in total. The highest BCUT2D eigenvalue weighted by Crippen LogP contribution is 2.27. The normalized spacial score (nSPS) is 14.3. The molecule has 0 radical (unpaired) electrons. The number of rotatable bonds is 9. The minimum absolute atomic E-state index is 0.0776. The van der Waals surface area contributed by atoms with E-state index in [1.165, 1.54) is 0 Å². The van der Waals surface area contributed by atoms with Gasteiger partial charge in [0.25, 0.3) is 0 Å². The number of aryl methyl sites for hydroxylation is 1. The van der Waals surface area contributed by atoms with Gasteiger partial charge in [0.05, 0.1) is 4.90 Å². The molecule has 27 heavy (non-hydrogen) atoms. The Hall–Kier alpha value is -1.56. The fraction of sp³-hybridized carbons (Fsp3) is 0.667. The number of amides is 1. The van der Waals surface area contributed by atoms with Crippen LogP contribution in [-0.4, -0.2) is 36.9 Å². The minimum atomic E-state index is -3.80. The molecule has 0 saturated heterocycles. The van der Waals surface area contributed by atoms with Gasteiger partial charge in [-0.3, -0.25) is 0 Å². The second-order valence-corrected chi connectivity index (χ2v) is 9.85. The van der Waals surface area contributed by atoms with E-state index >= 15 is 0 Å². The molecule has 0 aliphatic rings. The number of carbonyl (C=O) groups excluding carboxylic acids is 1. The molecule has 2 atom stereocenters. The maximum Gasteiger partial charge on any atom is 0.411 e. The third kappa shape index (κ3) is 6.23. The van der Waals surface area contributed by atoms with E-state index in [-0.39, 0.29) is 22.9 Å². The van der Waals surface area contributed by atoms with E-state index in [2.05, 4.69) is 6.92 Å². The van der Waals surface area contributed by atoms with Gasteiger partial charge in [-0.05, 0) is 53.2 Å². The Balaban J connectivity index is 3.23. The van der Waals surface area contributed by atoms with E-state index in [0.717, 1.165) is 18.4 Å². The van der Waals surface area contributed by atoms with E-state index < -0.39 is 21.4 Å². The number of ether oxygens (including phenoxy) is 1. The summed E-state index contributed by atoms with van der Waals surface area (Å²) in [5.41, 5.74) is -0.216. The second kappa shape index (κ2) is 10.1. The lowest BCUT2D eigenvalue weighted by molar-refractivity contribution is 0.0526. The predicted molar refractivity (Wildman–Crippen MR) is 109 cm³/mol.